The van der Waals surface area contributed by atoms with Crippen LogP contribution in [0.4, 0.5) is 0 Å². The molecule has 0 aliphatic heterocycles. The van der Waals surface area contributed by atoms with Crippen molar-refractivity contribution in [3.8, 4) is 0 Å². The summed E-state index contributed by atoms with van der Waals surface area (Å²) in [7, 11) is 0. The Kier molecular flexibility index (Phi) is 4.75. The van der Waals surface area contributed by atoms with E-state index in [0.29, 0.717) is 5.92 Å². The standard InChI is InChI=1S/C16H21ClS2/c1-11(13-7-8-15(17)19-13)5-6-12-9-14(18-10-12)16(2,3)4/h7-11H,5-6H2,1-4H3. The highest BCUT2D eigenvalue weighted by molar-refractivity contribution is 7.16. The van der Waals surface area contributed by atoms with Crippen LogP contribution in [0.15, 0.2) is 23.6 Å². The molecule has 2 aromatic rings. The minimum absolute atomic E-state index is 0.274. The van der Waals surface area contributed by atoms with Crippen LogP contribution in [0.2, 0.25) is 4.34 Å². The van der Waals surface area contributed by atoms with Crippen molar-refractivity contribution in [1.29, 1.82) is 0 Å². The van der Waals surface area contributed by atoms with Gasteiger partial charge in [-0.25, -0.2) is 0 Å². The smallest absolute Gasteiger partial charge is 0.0931 e. The molecule has 0 bridgehead atoms. The number of hydrogen-bond donors (Lipinski definition) is 0. The monoisotopic (exact) mass is 312 g/mol. The summed E-state index contributed by atoms with van der Waals surface area (Å²) < 4.78 is 0.896. The zero-order valence-electron chi connectivity index (χ0n) is 12.0. The Balaban J connectivity index is 1.94. The Labute approximate surface area is 129 Å². The van der Waals surface area contributed by atoms with Gasteiger partial charge in [-0.2, -0.15) is 0 Å². The Bertz CT molecular complexity index is 531. The molecule has 1 unspecified atom stereocenters. The lowest BCUT2D eigenvalue weighted by atomic mass is 9.93. The summed E-state index contributed by atoms with van der Waals surface area (Å²) in [5.41, 5.74) is 1.75. The van der Waals surface area contributed by atoms with Crippen LogP contribution in [0.3, 0.4) is 0 Å². The van der Waals surface area contributed by atoms with Gasteiger partial charge >= 0.3 is 0 Å². The summed E-state index contributed by atoms with van der Waals surface area (Å²) in [5, 5.41) is 2.31. The van der Waals surface area contributed by atoms with Crippen LogP contribution in [0.5, 0.6) is 0 Å². The zero-order chi connectivity index (χ0) is 14.0. The predicted octanol–water partition coefficient (Wildman–Crippen LogP) is 6.50. The molecule has 0 fully saturated rings. The molecule has 19 heavy (non-hydrogen) atoms. The number of aryl methyl sites for hydroxylation is 1. The average molecular weight is 313 g/mol. The average Bonchev–Trinajstić information content (AvgIpc) is 2.93. The van der Waals surface area contributed by atoms with E-state index in [1.165, 1.54) is 21.7 Å². The molecule has 0 aromatic carbocycles. The second-order valence-corrected chi connectivity index (χ2v) is 8.81. The van der Waals surface area contributed by atoms with Crippen molar-refractivity contribution in [3.63, 3.8) is 0 Å². The maximum atomic E-state index is 6.00. The van der Waals surface area contributed by atoms with Crippen molar-refractivity contribution in [1.82, 2.24) is 0 Å². The first-order valence-electron chi connectivity index (χ1n) is 6.69. The van der Waals surface area contributed by atoms with Gasteiger partial charge in [-0.3, -0.25) is 0 Å². The first-order valence-corrected chi connectivity index (χ1v) is 8.77. The maximum absolute atomic E-state index is 6.00. The summed E-state index contributed by atoms with van der Waals surface area (Å²) in [6, 6.07) is 6.53. The van der Waals surface area contributed by atoms with Gasteiger partial charge in [0.2, 0.25) is 0 Å². The Morgan fingerprint density at radius 3 is 2.53 bits per heavy atom. The number of hydrogen-bond acceptors (Lipinski definition) is 2. The summed E-state index contributed by atoms with van der Waals surface area (Å²) in [6.07, 6.45) is 2.35. The van der Waals surface area contributed by atoms with E-state index in [9.17, 15) is 0 Å². The normalized spacial score (nSPS) is 13.7. The predicted molar refractivity (Wildman–Crippen MR) is 89.1 cm³/mol. The lowest BCUT2D eigenvalue weighted by Crippen LogP contribution is -2.08. The van der Waals surface area contributed by atoms with Gasteiger partial charge in [0.05, 0.1) is 4.34 Å². The molecule has 0 spiro atoms. The van der Waals surface area contributed by atoms with Crippen molar-refractivity contribution in [2.45, 2.75) is 51.9 Å². The molecule has 3 heteroatoms. The topological polar surface area (TPSA) is 0 Å². The molecule has 0 amide bonds. The third kappa shape index (κ3) is 4.08. The molecule has 0 nitrogen and oxygen atoms in total. The molecule has 0 aliphatic carbocycles. The second kappa shape index (κ2) is 5.99. The minimum atomic E-state index is 0.274. The largest absolute Gasteiger partial charge is 0.148 e. The van der Waals surface area contributed by atoms with Gasteiger partial charge in [0.1, 0.15) is 0 Å². The zero-order valence-corrected chi connectivity index (χ0v) is 14.4. The van der Waals surface area contributed by atoms with Crippen molar-refractivity contribution in [2.24, 2.45) is 0 Å². The van der Waals surface area contributed by atoms with Crippen LogP contribution < -0.4 is 0 Å². The van der Waals surface area contributed by atoms with Crippen LogP contribution in [0.1, 0.15) is 55.4 Å². The second-order valence-electron chi connectivity index (χ2n) is 6.15. The number of rotatable bonds is 4. The van der Waals surface area contributed by atoms with Crippen LogP contribution in [0.25, 0.3) is 0 Å². The van der Waals surface area contributed by atoms with Crippen molar-refractivity contribution < 1.29 is 0 Å². The SMILES string of the molecule is CC(CCc1csc(C(C)(C)C)c1)c1ccc(Cl)s1. The minimum Gasteiger partial charge on any atom is -0.148 e. The summed E-state index contributed by atoms with van der Waals surface area (Å²) in [4.78, 5) is 2.88. The van der Waals surface area contributed by atoms with Crippen LogP contribution in [-0.2, 0) is 11.8 Å². The van der Waals surface area contributed by atoms with Crippen molar-refractivity contribution >= 4 is 34.3 Å². The van der Waals surface area contributed by atoms with Gasteiger partial charge in [0.25, 0.3) is 0 Å². The molecular weight excluding hydrogens is 292 g/mol. The first-order chi connectivity index (χ1) is 8.86. The number of halogens is 1. The molecule has 2 rings (SSSR count). The lowest BCUT2D eigenvalue weighted by molar-refractivity contribution is 0.603. The lowest BCUT2D eigenvalue weighted by Gasteiger charge is -2.15. The van der Waals surface area contributed by atoms with E-state index in [2.05, 4.69) is 45.2 Å². The Morgan fingerprint density at radius 1 is 1.26 bits per heavy atom. The fourth-order valence-corrected chi connectivity index (χ4v) is 4.20. The highest BCUT2D eigenvalue weighted by Gasteiger charge is 2.16. The van der Waals surface area contributed by atoms with Crippen LogP contribution in [-0.4, -0.2) is 0 Å². The van der Waals surface area contributed by atoms with Gasteiger partial charge in [-0.1, -0.05) is 39.3 Å². The van der Waals surface area contributed by atoms with E-state index in [0.717, 1.165) is 10.8 Å². The Morgan fingerprint density at radius 2 is 2.00 bits per heavy atom. The quantitative estimate of drug-likeness (QED) is 0.604. The van der Waals surface area contributed by atoms with E-state index in [1.54, 1.807) is 11.3 Å². The molecule has 1 atom stereocenters. The first kappa shape index (κ1) is 15.1. The van der Waals surface area contributed by atoms with Crippen molar-refractivity contribution in [2.75, 3.05) is 0 Å². The van der Waals surface area contributed by atoms with Gasteiger partial charge in [-0.05, 0) is 53.3 Å². The highest BCUT2D eigenvalue weighted by Crippen LogP contribution is 2.32. The van der Waals surface area contributed by atoms with E-state index in [-0.39, 0.29) is 5.41 Å². The summed E-state index contributed by atoms with van der Waals surface area (Å²) in [5.74, 6) is 0.593. The van der Waals surface area contributed by atoms with Gasteiger partial charge < -0.3 is 0 Å². The fraction of sp³-hybridized carbons (Fsp3) is 0.500. The Hall–Kier alpha value is -0.310. The van der Waals surface area contributed by atoms with Crippen LogP contribution in [0, 0.1) is 0 Å². The maximum Gasteiger partial charge on any atom is 0.0931 e. The molecule has 0 saturated heterocycles. The van der Waals surface area contributed by atoms with E-state index in [4.69, 9.17) is 11.6 Å². The summed E-state index contributed by atoms with van der Waals surface area (Å²) >= 11 is 9.59. The van der Waals surface area contributed by atoms with E-state index < -0.39 is 0 Å². The third-order valence-electron chi connectivity index (χ3n) is 3.34. The van der Waals surface area contributed by atoms with Gasteiger partial charge in [0.15, 0.2) is 0 Å². The van der Waals surface area contributed by atoms with Gasteiger partial charge in [0, 0.05) is 9.75 Å². The van der Waals surface area contributed by atoms with Crippen LogP contribution >= 0.6 is 34.3 Å². The molecule has 104 valence electrons. The molecule has 0 N–H and O–H groups in total. The highest BCUT2D eigenvalue weighted by atomic mass is 35.5. The summed E-state index contributed by atoms with van der Waals surface area (Å²) in [6.45, 7) is 9.12. The third-order valence-corrected chi connectivity index (χ3v) is 6.21. The van der Waals surface area contributed by atoms with E-state index in [1.807, 2.05) is 17.4 Å². The van der Waals surface area contributed by atoms with Crippen molar-refractivity contribution in [3.05, 3.63) is 43.2 Å². The molecule has 0 radical (unpaired) electrons. The molecule has 0 aliphatic rings. The fourth-order valence-electron chi connectivity index (χ4n) is 2.02. The van der Waals surface area contributed by atoms with E-state index >= 15 is 0 Å². The van der Waals surface area contributed by atoms with Gasteiger partial charge in [-0.15, -0.1) is 22.7 Å². The molecule has 2 aromatic heterocycles. The molecule has 0 saturated carbocycles. The molecule has 2 heterocycles. The molecular formula is C16H21ClS2. The number of thiophene rings is 2.